The summed E-state index contributed by atoms with van der Waals surface area (Å²) in [5, 5.41) is 11.8. The Kier molecular flexibility index (Phi) is 18.7. The number of esters is 2. The van der Waals surface area contributed by atoms with Gasteiger partial charge < -0.3 is 62.4 Å². The zero-order chi connectivity index (χ0) is 48.2. The molecule has 4 rings (SSSR count). The van der Waals surface area contributed by atoms with Gasteiger partial charge in [-0.15, -0.1) is 0 Å². The van der Waals surface area contributed by atoms with Crippen LogP contribution in [0.1, 0.15) is 115 Å². The fourth-order valence-electron chi connectivity index (χ4n) is 11.0. The first-order valence-electron chi connectivity index (χ1n) is 23.5. The van der Waals surface area contributed by atoms with Crippen LogP contribution < -0.4 is 0 Å². The predicted molar refractivity (Wildman–Crippen MR) is 237 cm³/mol. The van der Waals surface area contributed by atoms with Crippen LogP contribution in [0, 0.1) is 23.7 Å². The number of aliphatic hydroxyl groups excluding tert-OH is 1. The van der Waals surface area contributed by atoms with Crippen LogP contribution in [0.5, 0.6) is 0 Å². The van der Waals surface area contributed by atoms with Crippen molar-refractivity contribution in [2.75, 3.05) is 55.0 Å². The first kappa shape index (κ1) is 54.1. The number of amides is 1. The van der Waals surface area contributed by atoms with E-state index in [4.69, 9.17) is 42.6 Å². The normalized spacial score (nSPS) is 42.8. The van der Waals surface area contributed by atoms with Gasteiger partial charge in [0.2, 0.25) is 0 Å². The van der Waals surface area contributed by atoms with Crippen LogP contribution in [0.15, 0.2) is 0 Å². The molecule has 4 saturated heterocycles. The molecule has 64 heavy (non-hydrogen) atoms. The van der Waals surface area contributed by atoms with Crippen LogP contribution in [0.2, 0.25) is 0 Å². The van der Waals surface area contributed by atoms with Gasteiger partial charge in [-0.2, -0.15) is 0 Å². The molecule has 0 aromatic rings. The van der Waals surface area contributed by atoms with Crippen LogP contribution in [0.3, 0.4) is 0 Å². The number of aliphatic hydroxyl groups is 1. The van der Waals surface area contributed by atoms with Crippen molar-refractivity contribution in [2.24, 2.45) is 23.7 Å². The molecule has 1 N–H and O–H groups in total. The second kappa shape index (κ2) is 22.1. The minimum absolute atomic E-state index is 0.120. The Bertz CT molecular complexity index is 1580. The van der Waals surface area contributed by atoms with Gasteiger partial charge in [0.05, 0.1) is 48.4 Å². The van der Waals surface area contributed by atoms with Crippen LogP contribution in [-0.2, 0) is 57.0 Å². The number of hydrogen-bond acceptors (Lipinski definition) is 16. The van der Waals surface area contributed by atoms with Gasteiger partial charge >= 0.3 is 18.0 Å². The largest absolute Gasteiger partial charge is 0.458 e. The molecule has 0 spiro atoms. The fourth-order valence-corrected chi connectivity index (χ4v) is 11.0. The number of rotatable bonds is 14. The molecule has 0 radical (unpaired) electrons. The molecule has 17 heteroatoms. The smallest absolute Gasteiger partial charge is 0.410 e. The van der Waals surface area contributed by atoms with Crippen molar-refractivity contribution in [1.29, 1.82) is 0 Å². The van der Waals surface area contributed by atoms with E-state index in [0.29, 0.717) is 13.0 Å². The Balaban J connectivity index is 1.83. The Hall–Kier alpha value is -2.48. The molecular formula is C47H83N3O14. The lowest BCUT2D eigenvalue weighted by molar-refractivity contribution is -0.320. The predicted octanol–water partition coefficient (Wildman–Crippen LogP) is 4.82. The molecule has 370 valence electrons. The lowest BCUT2D eigenvalue weighted by atomic mass is 9.73. The molecule has 0 aliphatic carbocycles. The number of carbonyl (C=O) groups is 4. The quantitative estimate of drug-likeness (QED) is 0.185. The van der Waals surface area contributed by atoms with E-state index >= 15 is 0 Å². The molecular weight excluding hydrogens is 831 g/mol. The Labute approximate surface area is 382 Å². The number of ketones is 1. The monoisotopic (exact) mass is 914 g/mol. The van der Waals surface area contributed by atoms with E-state index in [1.807, 2.05) is 74.4 Å². The second-order valence-electron chi connectivity index (χ2n) is 19.8. The molecule has 4 fully saturated rings. The Morgan fingerprint density at radius 2 is 1.48 bits per heavy atom. The second-order valence-corrected chi connectivity index (χ2v) is 19.8. The Morgan fingerprint density at radius 1 is 0.875 bits per heavy atom. The van der Waals surface area contributed by atoms with Crippen LogP contribution in [-0.4, -0.2) is 183 Å². The van der Waals surface area contributed by atoms with Crippen molar-refractivity contribution in [3.8, 4) is 0 Å². The number of methoxy groups -OCH3 is 2. The summed E-state index contributed by atoms with van der Waals surface area (Å²) in [4.78, 5) is 61.5. The fraction of sp³-hybridized carbons (Fsp3) is 0.915. The van der Waals surface area contributed by atoms with Crippen molar-refractivity contribution >= 4 is 23.8 Å². The molecule has 17 nitrogen and oxygen atoms in total. The van der Waals surface area contributed by atoms with Crippen molar-refractivity contribution in [3.05, 3.63) is 0 Å². The summed E-state index contributed by atoms with van der Waals surface area (Å²) in [7, 11) is 8.48. The number of nitrogens with zero attached hydrogens (tertiary/aromatic N) is 3. The van der Waals surface area contributed by atoms with Crippen LogP contribution in [0.4, 0.5) is 4.79 Å². The number of fused-ring (bicyclic) bond motifs is 1. The van der Waals surface area contributed by atoms with E-state index in [2.05, 4.69) is 4.90 Å². The van der Waals surface area contributed by atoms with Crippen molar-refractivity contribution < 1.29 is 66.9 Å². The number of ether oxygens (including phenoxy) is 9. The maximum absolute atomic E-state index is 14.8. The molecule has 4 aliphatic rings. The summed E-state index contributed by atoms with van der Waals surface area (Å²) in [6, 6.07) is -1.06. The molecule has 1 amide bonds. The lowest BCUT2D eigenvalue weighted by Gasteiger charge is -2.50. The highest BCUT2D eigenvalue weighted by molar-refractivity contribution is 5.85. The minimum Gasteiger partial charge on any atom is -0.458 e. The van der Waals surface area contributed by atoms with Gasteiger partial charge in [0.15, 0.2) is 24.3 Å². The zero-order valence-electron chi connectivity index (χ0n) is 41.9. The maximum atomic E-state index is 14.8. The summed E-state index contributed by atoms with van der Waals surface area (Å²) in [5.41, 5.74) is -3.69. The SMILES string of the molecule is CC[C@H]1OC(=O)[C@H](C)[C@@H](O[C@H]2C[C@@](C)(OC)[C@@H](OC(=O)CCN(CC)CC)[C@H](C)O2)[C@H](C)[C@@H](O[C@@H]2O[C@H](C)C[C@H](N(C)C)[C@H]2O)[C@](C)(OC)C[C@@H](C)C(=O)[C@H](C)[C@H]2N(C)C(=O)O[C@]12C. The number of likely N-dealkylation sites (N-methyl/N-ethyl adjacent to an activating group) is 2. The van der Waals surface area contributed by atoms with Gasteiger partial charge in [0.1, 0.15) is 23.6 Å². The average Bonchev–Trinajstić information content (AvgIpc) is 3.48. The highest BCUT2D eigenvalue weighted by Gasteiger charge is 2.60. The summed E-state index contributed by atoms with van der Waals surface area (Å²) in [5.74, 6) is -4.23. The zero-order valence-corrected chi connectivity index (χ0v) is 41.9. The van der Waals surface area contributed by atoms with Gasteiger partial charge in [-0.25, -0.2) is 4.79 Å². The third kappa shape index (κ3) is 11.4. The number of cyclic esters (lactones) is 1. The number of hydrogen-bond donors (Lipinski definition) is 1. The molecule has 0 aromatic carbocycles. The summed E-state index contributed by atoms with van der Waals surface area (Å²) < 4.78 is 57.9. The van der Waals surface area contributed by atoms with E-state index < -0.39 is 108 Å². The summed E-state index contributed by atoms with van der Waals surface area (Å²) in [6.07, 6.45) is -7.13. The van der Waals surface area contributed by atoms with Crippen molar-refractivity contribution in [1.82, 2.24) is 14.7 Å². The third-order valence-electron chi connectivity index (χ3n) is 15.0. The van der Waals surface area contributed by atoms with E-state index in [9.17, 15) is 24.3 Å². The van der Waals surface area contributed by atoms with Gasteiger partial charge in [-0.05, 0) is 88.0 Å². The average molecular weight is 914 g/mol. The molecule has 0 unspecified atom stereocenters. The van der Waals surface area contributed by atoms with Crippen LogP contribution in [0.25, 0.3) is 0 Å². The Morgan fingerprint density at radius 3 is 2.05 bits per heavy atom. The highest BCUT2D eigenvalue weighted by Crippen LogP contribution is 2.44. The van der Waals surface area contributed by atoms with Gasteiger partial charge in [0, 0.05) is 58.0 Å². The maximum Gasteiger partial charge on any atom is 0.410 e. The lowest BCUT2D eigenvalue weighted by Crippen LogP contribution is -2.62. The van der Waals surface area contributed by atoms with E-state index in [-0.39, 0.29) is 49.6 Å². The van der Waals surface area contributed by atoms with Crippen molar-refractivity contribution in [2.45, 2.75) is 199 Å². The summed E-state index contributed by atoms with van der Waals surface area (Å²) in [6.45, 7) is 24.4. The van der Waals surface area contributed by atoms with Crippen LogP contribution >= 0.6 is 0 Å². The van der Waals surface area contributed by atoms with E-state index in [0.717, 1.165) is 13.1 Å². The molecule has 0 saturated carbocycles. The molecule has 0 bridgehead atoms. The first-order chi connectivity index (χ1) is 29.9. The molecule has 18 atom stereocenters. The minimum atomic E-state index is -1.37. The van der Waals surface area contributed by atoms with Crippen molar-refractivity contribution in [3.63, 3.8) is 0 Å². The highest BCUT2D eigenvalue weighted by atomic mass is 16.7. The molecule has 4 heterocycles. The molecule has 4 aliphatic heterocycles. The van der Waals surface area contributed by atoms with Gasteiger partial charge in [-0.3, -0.25) is 14.4 Å². The number of carbonyl (C=O) groups excluding carboxylic acids is 4. The van der Waals surface area contributed by atoms with E-state index in [1.165, 1.54) is 4.90 Å². The first-order valence-corrected chi connectivity index (χ1v) is 23.5. The van der Waals surface area contributed by atoms with Gasteiger partial charge in [-0.1, -0.05) is 41.5 Å². The third-order valence-corrected chi connectivity index (χ3v) is 15.0. The van der Waals surface area contributed by atoms with E-state index in [1.54, 1.807) is 49.0 Å². The standard InChI is InChI=1S/C47H83N3O14/c1-18-33-47(12)39(49(15)44(55)64-47)28(6)36(52)26(4)24-45(10,56-16)40(63-43-37(53)32(48(13)14)23-27(5)58-43)29(7)38(30(8)42(54)60-33)62-35-25-46(11,57-17)41(31(9)59-35)61-34(51)21-22-50(19-2)20-3/h26-33,35,37-41,43,53H,18-25H2,1-17H3/t26-,27-,28+,29+,30-,31+,32+,33-,35+,37-,38+,39-,40-,41+,43+,45-,46-,47-/m1/s1. The van der Waals surface area contributed by atoms with Gasteiger partial charge in [0.25, 0.3) is 0 Å². The molecule has 0 aromatic heterocycles. The summed E-state index contributed by atoms with van der Waals surface area (Å²) >= 11 is 0. The topological polar surface area (TPSA) is 181 Å². The number of Topliss-reactive ketones (excluding diaryl/α,β-unsaturated/α-hetero) is 1.